The fraction of sp³-hybridized carbons (Fsp3) is 0.600. The van der Waals surface area contributed by atoms with Crippen molar-refractivity contribution in [2.45, 2.75) is 32.2 Å². The predicted molar refractivity (Wildman–Crippen MR) is 74.8 cm³/mol. The van der Waals surface area contributed by atoms with Gasteiger partial charge < -0.3 is 0 Å². The third-order valence-corrected chi connectivity index (χ3v) is 4.42. The first kappa shape index (κ1) is 12.6. The van der Waals surface area contributed by atoms with E-state index in [1.165, 1.54) is 44.3 Å². The van der Waals surface area contributed by atoms with E-state index in [0.717, 1.165) is 18.4 Å². The molecule has 0 amide bonds. The van der Waals surface area contributed by atoms with Gasteiger partial charge in [0.25, 0.3) is 0 Å². The molecule has 2 fully saturated rings. The van der Waals surface area contributed by atoms with Crippen LogP contribution in [0.1, 0.15) is 31.2 Å². The van der Waals surface area contributed by atoms with Crippen LogP contribution in [0.5, 0.6) is 0 Å². The Morgan fingerprint density at radius 1 is 1.11 bits per heavy atom. The average molecular weight is 312 g/mol. The summed E-state index contributed by atoms with van der Waals surface area (Å²) < 4.78 is 13.8. The number of hydrogen-bond acceptors (Lipinski definition) is 1. The Morgan fingerprint density at radius 2 is 1.72 bits per heavy atom. The molecule has 1 nitrogen and oxygen atoms in total. The second-order valence-corrected chi connectivity index (χ2v) is 6.68. The quantitative estimate of drug-likeness (QED) is 0.760. The summed E-state index contributed by atoms with van der Waals surface area (Å²) in [6, 6.07) is 5.39. The Bertz CT molecular complexity index is 413. The lowest BCUT2D eigenvalue weighted by atomic mass is 10.2. The van der Waals surface area contributed by atoms with Crippen molar-refractivity contribution in [1.82, 2.24) is 4.90 Å². The van der Waals surface area contributed by atoms with E-state index in [2.05, 4.69) is 20.8 Å². The van der Waals surface area contributed by atoms with E-state index in [-0.39, 0.29) is 5.82 Å². The molecule has 18 heavy (non-hydrogen) atoms. The Morgan fingerprint density at radius 3 is 2.22 bits per heavy atom. The van der Waals surface area contributed by atoms with E-state index in [0.29, 0.717) is 4.47 Å². The number of nitrogens with zero attached hydrogens (tertiary/aromatic N) is 1. The van der Waals surface area contributed by atoms with Crippen molar-refractivity contribution in [3.05, 3.63) is 34.1 Å². The van der Waals surface area contributed by atoms with E-state index in [9.17, 15) is 4.39 Å². The lowest BCUT2D eigenvalue weighted by Crippen LogP contribution is -2.27. The number of rotatable bonds is 6. The molecule has 0 N–H and O–H groups in total. The molecule has 2 aliphatic rings. The van der Waals surface area contributed by atoms with Crippen LogP contribution in [0.2, 0.25) is 0 Å². The molecule has 98 valence electrons. The second-order valence-electron chi connectivity index (χ2n) is 5.83. The molecule has 0 spiro atoms. The minimum Gasteiger partial charge on any atom is -0.299 e. The molecule has 0 bridgehead atoms. The van der Waals surface area contributed by atoms with Gasteiger partial charge in [-0.3, -0.25) is 4.90 Å². The molecule has 0 radical (unpaired) electrons. The van der Waals surface area contributed by atoms with Gasteiger partial charge in [0.1, 0.15) is 5.82 Å². The van der Waals surface area contributed by atoms with Crippen LogP contribution in [0, 0.1) is 17.7 Å². The van der Waals surface area contributed by atoms with Gasteiger partial charge in [-0.1, -0.05) is 6.07 Å². The summed E-state index contributed by atoms with van der Waals surface area (Å²) in [5.74, 6) is 1.68. The van der Waals surface area contributed by atoms with E-state index in [4.69, 9.17) is 0 Å². The smallest absolute Gasteiger partial charge is 0.137 e. The van der Waals surface area contributed by atoms with E-state index >= 15 is 0 Å². The van der Waals surface area contributed by atoms with Gasteiger partial charge in [0, 0.05) is 19.6 Å². The van der Waals surface area contributed by atoms with Gasteiger partial charge in [-0.15, -0.1) is 0 Å². The minimum absolute atomic E-state index is 0.172. The largest absolute Gasteiger partial charge is 0.299 e. The molecule has 0 atom stereocenters. The van der Waals surface area contributed by atoms with E-state index in [1.807, 2.05) is 12.1 Å². The topological polar surface area (TPSA) is 3.24 Å². The first-order valence-electron chi connectivity index (χ1n) is 6.87. The number of benzene rings is 1. The van der Waals surface area contributed by atoms with Crippen LogP contribution in [-0.2, 0) is 6.54 Å². The summed E-state index contributed by atoms with van der Waals surface area (Å²) in [5.41, 5.74) is 1.21. The SMILES string of the molecule is Fc1ccc(CN(CC2CC2)CC2CC2)cc1Br. The summed E-state index contributed by atoms with van der Waals surface area (Å²) in [6.07, 6.45) is 5.59. The predicted octanol–water partition coefficient (Wildman–Crippen LogP) is 4.21. The van der Waals surface area contributed by atoms with Gasteiger partial charge in [-0.25, -0.2) is 4.39 Å². The van der Waals surface area contributed by atoms with Gasteiger partial charge in [-0.05, 0) is 71.1 Å². The summed E-state index contributed by atoms with van der Waals surface area (Å²) in [5, 5.41) is 0. The highest BCUT2D eigenvalue weighted by atomic mass is 79.9. The van der Waals surface area contributed by atoms with Gasteiger partial charge in [0.2, 0.25) is 0 Å². The Labute approximate surface area is 116 Å². The monoisotopic (exact) mass is 311 g/mol. The molecular weight excluding hydrogens is 293 g/mol. The Hall–Kier alpha value is -0.410. The standard InChI is InChI=1S/C15H19BrFN/c16-14-7-13(5-6-15(14)17)10-18(8-11-1-2-11)9-12-3-4-12/h5-7,11-12H,1-4,8-10H2. The first-order chi connectivity index (χ1) is 8.70. The highest BCUT2D eigenvalue weighted by Gasteiger charge is 2.29. The van der Waals surface area contributed by atoms with Crippen LogP contribution in [0.3, 0.4) is 0 Å². The molecule has 1 aromatic carbocycles. The van der Waals surface area contributed by atoms with Gasteiger partial charge in [-0.2, -0.15) is 0 Å². The van der Waals surface area contributed by atoms with Gasteiger partial charge in [0.15, 0.2) is 0 Å². The average Bonchev–Trinajstić information content (AvgIpc) is 3.19. The third-order valence-electron chi connectivity index (χ3n) is 3.82. The zero-order valence-corrected chi connectivity index (χ0v) is 12.1. The first-order valence-corrected chi connectivity index (χ1v) is 7.66. The van der Waals surface area contributed by atoms with Crippen molar-refractivity contribution in [3.63, 3.8) is 0 Å². The summed E-state index contributed by atoms with van der Waals surface area (Å²) in [6.45, 7) is 3.42. The van der Waals surface area contributed by atoms with E-state index in [1.54, 1.807) is 6.07 Å². The summed E-state index contributed by atoms with van der Waals surface area (Å²) in [7, 11) is 0. The second kappa shape index (κ2) is 5.30. The van der Waals surface area contributed by atoms with Crippen LogP contribution in [0.4, 0.5) is 4.39 Å². The van der Waals surface area contributed by atoms with Crippen molar-refractivity contribution < 1.29 is 4.39 Å². The molecule has 3 rings (SSSR count). The highest BCUT2D eigenvalue weighted by molar-refractivity contribution is 9.10. The number of halogens is 2. The molecular formula is C15H19BrFN. The molecule has 3 heteroatoms. The fourth-order valence-corrected chi connectivity index (χ4v) is 2.86. The maximum atomic E-state index is 13.2. The molecule has 2 saturated carbocycles. The van der Waals surface area contributed by atoms with Gasteiger partial charge >= 0.3 is 0 Å². The zero-order valence-electron chi connectivity index (χ0n) is 10.5. The van der Waals surface area contributed by atoms with Crippen molar-refractivity contribution in [1.29, 1.82) is 0 Å². The highest BCUT2D eigenvalue weighted by Crippen LogP contribution is 2.34. The summed E-state index contributed by atoms with van der Waals surface area (Å²) in [4.78, 5) is 2.56. The van der Waals surface area contributed by atoms with Crippen molar-refractivity contribution in [3.8, 4) is 0 Å². The van der Waals surface area contributed by atoms with Crippen LogP contribution in [-0.4, -0.2) is 18.0 Å². The van der Waals surface area contributed by atoms with Gasteiger partial charge in [0.05, 0.1) is 4.47 Å². The molecule has 0 unspecified atom stereocenters. The summed E-state index contributed by atoms with van der Waals surface area (Å²) >= 11 is 3.27. The molecule has 0 saturated heterocycles. The van der Waals surface area contributed by atoms with Crippen LogP contribution >= 0.6 is 15.9 Å². The van der Waals surface area contributed by atoms with Crippen molar-refractivity contribution >= 4 is 15.9 Å². The third kappa shape index (κ3) is 3.55. The molecule has 1 aromatic rings. The Balaban J connectivity index is 1.63. The lowest BCUT2D eigenvalue weighted by Gasteiger charge is -2.22. The minimum atomic E-state index is -0.172. The maximum absolute atomic E-state index is 13.2. The normalized spacial score (nSPS) is 19.5. The Kier molecular flexibility index (Phi) is 3.71. The van der Waals surface area contributed by atoms with Crippen molar-refractivity contribution in [2.24, 2.45) is 11.8 Å². The molecule has 0 aromatic heterocycles. The molecule has 0 heterocycles. The molecule has 0 aliphatic heterocycles. The zero-order chi connectivity index (χ0) is 12.5. The van der Waals surface area contributed by atoms with Crippen LogP contribution < -0.4 is 0 Å². The number of hydrogen-bond donors (Lipinski definition) is 0. The van der Waals surface area contributed by atoms with Crippen LogP contribution in [0.25, 0.3) is 0 Å². The molecule has 2 aliphatic carbocycles. The lowest BCUT2D eigenvalue weighted by molar-refractivity contribution is 0.244. The maximum Gasteiger partial charge on any atom is 0.137 e. The fourth-order valence-electron chi connectivity index (χ4n) is 2.43. The van der Waals surface area contributed by atoms with Crippen molar-refractivity contribution in [2.75, 3.05) is 13.1 Å². The van der Waals surface area contributed by atoms with Crippen LogP contribution in [0.15, 0.2) is 22.7 Å². The van der Waals surface area contributed by atoms with E-state index < -0.39 is 0 Å².